The second-order valence-electron chi connectivity index (χ2n) is 24.8. The number of carbonyl (C=O) groups is 4. The van der Waals surface area contributed by atoms with Crippen LogP contribution in [0.2, 0.25) is 0 Å². The van der Waals surface area contributed by atoms with Crippen LogP contribution >= 0.6 is 15.6 Å². The van der Waals surface area contributed by atoms with Crippen molar-refractivity contribution in [3.05, 3.63) is 122 Å². The Morgan fingerprint density at radius 2 is 0.571 bits per heavy atom. The number of aliphatic hydroxyl groups is 1. The van der Waals surface area contributed by atoms with Crippen LogP contribution in [0.5, 0.6) is 0 Å². The maximum atomic E-state index is 13.1. The molecule has 0 bridgehead atoms. The molecular formula is C79H134O17P2. The molecule has 0 aromatic rings. The first-order chi connectivity index (χ1) is 47.7. The van der Waals surface area contributed by atoms with E-state index in [4.69, 9.17) is 37.0 Å². The van der Waals surface area contributed by atoms with Crippen molar-refractivity contribution in [3.8, 4) is 0 Å². The zero-order valence-electron chi connectivity index (χ0n) is 61.2. The van der Waals surface area contributed by atoms with E-state index in [2.05, 4.69) is 125 Å². The van der Waals surface area contributed by atoms with E-state index in [1.54, 1.807) is 6.08 Å². The van der Waals surface area contributed by atoms with Crippen LogP contribution in [0.15, 0.2) is 122 Å². The summed E-state index contributed by atoms with van der Waals surface area (Å²) in [6.07, 6.45) is 76.5. The number of unbranched alkanes of at least 4 members (excludes halogenated alkanes) is 25. The average Bonchev–Trinajstić information content (AvgIpc) is 1.04. The monoisotopic (exact) mass is 1420 g/mol. The van der Waals surface area contributed by atoms with Gasteiger partial charge in [0.1, 0.15) is 19.3 Å². The Labute approximate surface area is 593 Å². The summed E-state index contributed by atoms with van der Waals surface area (Å²) in [7, 11) is -9.98. The standard InChI is InChI=1S/C79H134O17P2/c1-5-9-13-17-21-25-29-33-36-40-43-47-51-55-59-63-76(81)89-69-74(95-78(83)65-61-57-53-49-45-39-32-28-24-20-16-12-8-4)71-93-97(85,86)91-67-73(80)68-92-98(87,88)94-72-75(96-79(84)66-62-58-54-50-46-42-38-35-31-27-23-19-15-11-7-3)70-90-77(82)64-60-56-52-48-44-41-37-34-30-26-22-18-14-10-6-2/h10-11,14-15,22-23,26-28,32-38,44,48,56,60,73-75,80H,5-9,12-13,16-21,24-25,29-31,39-43,45-47,49-55,57-59,61-72H2,1-4H3,(H,85,86)(H,87,88)/b14-10-,15-11-,26-22-,27-23-,32-28-,36-33-,37-34-,38-35-,48-44-,60-56-. The Morgan fingerprint density at radius 1 is 0.306 bits per heavy atom. The van der Waals surface area contributed by atoms with Gasteiger partial charge in [-0.15, -0.1) is 0 Å². The molecule has 0 radical (unpaired) electrons. The minimum atomic E-state index is -5.00. The molecule has 0 aromatic heterocycles. The van der Waals surface area contributed by atoms with Gasteiger partial charge < -0.3 is 33.8 Å². The van der Waals surface area contributed by atoms with E-state index in [0.29, 0.717) is 25.7 Å². The van der Waals surface area contributed by atoms with E-state index in [1.807, 2.05) is 18.2 Å². The molecule has 0 aromatic carbocycles. The van der Waals surface area contributed by atoms with Crippen molar-refractivity contribution < 1.29 is 80.2 Å². The highest BCUT2D eigenvalue weighted by atomic mass is 31.2. The molecule has 0 rings (SSSR count). The molecule has 0 saturated heterocycles. The third-order valence-corrected chi connectivity index (χ3v) is 17.3. The Balaban J connectivity index is 5.44. The summed E-state index contributed by atoms with van der Waals surface area (Å²) in [4.78, 5) is 72.7. The molecule has 0 amide bonds. The number of esters is 4. The number of aliphatic hydroxyl groups excluding tert-OH is 1. The summed E-state index contributed by atoms with van der Waals surface area (Å²) in [5, 5.41) is 10.6. The number of hydrogen-bond acceptors (Lipinski definition) is 15. The van der Waals surface area contributed by atoms with Gasteiger partial charge in [0.05, 0.1) is 32.8 Å². The second kappa shape index (κ2) is 70.9. The highest BCUT2D eigenvalue weighted by Crippen LogP contribution is 2.45. The molecule has 0 heterocycles. The van der Waals surface area contributed by atoms with Gasteiger partial charge in [0.2, 0.25) is 0 Å². The van der Waals surface area contributed by atoms with Gasteiger partial charge in [-0.2, -0.15) is 0 Å². The van der Waals surface area contributed by atoms with Gasteiger partial charge in [-0.1, -0.05) is 258 Å². The van der Waals surface area contributed by atoms with Crippen molar-refractivity contribution in [1.82, 2.24) is 0 Å². The fraction of sp³-hybridized carbons (Fsp3) is 0.696. The fourth-order valence-corrected chi connectivity index (χ4v) is 11.3. The zero-order chi connectivity index (χ0) is 71.8. The summed E-state index contributed by atoms with van der Waals surface area (Å²) in [5.41, 5.74) is 0. The largest absolute Gasteiger partial charge is 0.472 e. The van der Waals surface area contributed by atoms with Crippen LogP contribution in [0.1, 0.15) is 297 Å². The Morgan fingerprint density at radius 3 is 0.929 bits per heavy atom. The van der Waals surface area contributed by atoms with E-state index < -0.39 is 97.5 Å². The molecule has 3 N–H and O–H groups in total. The third kappa shape index (κ3) is 69.9. The van der Waals surface area contributed by atoms with Crippen LogP contribution in [-0.2, 0) is 65.4 Å². The SMILES string of the molecule is CC/C=C\C/C=C\C/C=C\C/C=C\C/C=C\CC(=O)OCC(COP(=O)(O)OCC(O)COP(=O)(O)OCC(COC(=O)CCCCCCC/C=C\CCCCCCCC)OC(=O)CCCCCCC/C=C\CCCCCC)OC(=O)CCCCCCC/C=C\C/C=C\C/C=C\CC. The van der Waals surface area contributed by atoms with Crippen LogP contribution in [-0.4, -0.2) is 96.7 Å². The van der Waals surface area contributed by atoms with Gasteiger partial charge in [-0.05, 0) is 135 Å². The molecule has 0 saturated carbocycles. The summed E-state index contributed by atoms with van der Waals surface area (Å²) < 4.78 is 68.3. The molecular weight excluding hydrogens is 1280 g/mol. The lowest BCUT2D eigenvalue weighted by Crippen LogP contribution is -2.30. The average molecular weight is 1420 g/mol. The molecule has 98 heavy (non-hydrogen) atoms. The molecule has 0 spiro atoms. The molecule has 0 aliphatic carbocycles. The van der Waals surface area contributed by atoms with Crippen molar-refractivity contribution in [3.63, 3.8) is 0 Å². The number of carbonyl (C=O) groups excluding carboxylic acids is 4. The van der Waals surface area contributed by atoms with E-state index in [-0.39, 0.29) is 25.7 Å². The zero-order valence-corrected chi connectivity index (χ0v) is 63.0. The molecule has 0 fully saturated rings. The maximum Gasteiger partial charge on any atom is 0.472 e. The normalized spacial score (nSPS) is 14.6. The molecule has 0 aliphatic heterocycles. The van der Waals surface area contributed by atoms with Crippen LogP contribution < -0.4 is 0 Å². The quantitative estimate of drug-likeness (QED) is 0.0169. The second-order valence-corrected chi connectivity index (χ2v) is 27.7. The lowest BCUT2D eigenvalue weighted by molar-refractivity contribution is -0.161. The Hall–Kier alpha value is -4.54. The minimum absolute atomic E-state index is 0.0533. The number of phosphoric ester groups is 2. The van der Waals surface area contributed by atoms with Crippen molar-refractivity contribution in [2.75, 3.05) is 39.6 Å². The van der Waals surface area contributed by atoms with Crippen molar-refractivity contribution in [1.29, 1.82) is 0 Å². The van der Waals surface area contributed by atoms with Crippen molar-refractivity contribution >= 4 is 39.5 Å². The van der Waals surface area contributed by atoms with Gasteiger partial charge in [0.15, 0.2) is 12.2 Å². The number of hydrogen-bond donors (Lipinski definition) is 3. The first-order valence-corrected chi connectivity index (χ1v) is 40.8. The fourth-order valence-electron chi connectivity index (χ4n) is 9.71. The summed E-state index contributed by atoms with van der Waals surface area (Å²) in [6.45, 7) is 4.47. The minimum Gasteiger partial charge on any atom is -0.462 e. The summed E-state index contributed by atoms with van der Waals surface area (Å²) >= 11 is 0. The van der Waals surface area contributed by atoms with Crippen LogP contribution in [0.3, 0.4) is 0 Å². The molecule has 5 atom stereocenters. The van der Waals surface area contributed by atoms with E-state index in [1.165, 1.54) is 64.2 Å². The van der Waals surface area contributed by atoms with Crippen LogP contribution in [0.4, 0.5) is 0 Å². The molecule has 562 valence electrons. The number of allylic oxidation sites excluding steroid dienone is 19. The third-order valence-electron chi connectivity index (χ3n) is 15.4. The molecule has 19 heteroatoms. The van der Waals surface area contributed by atoms with E-state index in [0.717, 1.165) is 154 Å². The predicted molar refractivity (Wildman–Crippen MR) is 399 cm³/mol. The van der Waals surface area contributed by atoms with Gasteiger partial charge in [-0.3, -0.25) is 37.3 Å². The highest BCUT2D eigenvalue weighted by Gasteiger charge is 2.30. The van der Waals surface area contributed by atoms with E-state index in [9.17, 15) is 43.2 Å². The molecule has 5 unspecified atom stereocenters. The first-order valence-electron chi connectivity index (χ1n) is 37.8. The van der Waals surface area contributed by atoms with Gasteiger partial charge >= 0.3 is 39.5 Å². The molecule has 17 nitrogen and oxygen atoms in total. The Kier molecular flexibility index (Phi) is 67.6. The van der Waals surface area contributed by atoms with Crippen LogP contribution in [0.25, 0.3) is 0 Å². The maximum absolute atomic E-state index is 13.1. The van der Waals surface area contributed by atoms with Gasteiger partial charge in [-0.25, -0.2) is 9.13 Å². The summed E-state index contributed by atoms with van der Waals surface area (Å²) in [5.74, 6) is -2.36. The van der Waals surface area contributed by atoms with Crippen LogP contribution in [0, 0.1) is 0 Å². The van der Waals surface area contributed by atoms with Gasteiger partial charge in [0, 0.05) is 19.3 Å². The Bertz CT molecular complexity index is 2340. The lowest BCUT2D eigenvalue weighted by atomic mass is 10.1. The predicted octanol–water partition coefficient (Wildman–Crippen LogP) is 21.6. The number of ether oxygens (including phenoxy) is 4. The van der Waals surface area contributed by atoms with Gasteiger partial charge in [0.25, 0.3) is 0 Å². The topological polar surface area (TPSA) is 237 Å². The van der Waals surface area contributed by atoms with Crippen molar-refractivity contribution in [2.24, 2.45) is 0 Å². The number of phosphoric acid groups is 2. The molecule has 0 aliphatic rings. The lowest BCUT2D eigenvalue weighted by Gasteiger charge is -2.21. The highest BCUT2D eigenvalue weighted by molar-refractivity contribution is 7.47. The summed E-state index contributed by atoms with van der Waals surface area (Å²) in [6, 6.07) is 0. The first kappa shape index (κ1) is 93.5. The smallest absolute Gasteiger partial charge is 0.462 e. The van der Waals surface area contributed by atoms with E-state index >= 15 is 0 Å². The number of rotatable bonds is 70. The van der Waals surface area contributed by atoms with Crippen molar-refractivity contribution in [2.45, 2.75) is 316 Å².